The quantitative estimate of drug-likeness (QED) is 0.266. The van der Waals surface area contributed by atoms with Crippen molar-refractivity contribution in [1.29, 1.82) is 0 Å². The molecule has 5 nitrogen and oxygen atoms in total. The third kappa shape index (κ3) is 5.44. The van der Waals surface area contributed by atoms with Gasteiger partial charge >= 0.3 is 0 Å². The van der Waals surface area contributed by atoms with Gasteiger partial charge in [-0.15, -0.1) is 0 Å². The van der Waals surface area contributed by atoms with Crippen LogP contribution in [0.25, 0.3) is 6.08 Å². The van der Waals surface area contributed by atoms with Crippen LogP contribution in [0.5, 0.6) is 11.5 Å². The Morgan fingerprint density at radius 2 is 1.74 bits per heavy atom. The highest BCUT2D eigenvalue weighted by molar-refractivity contribution is 9.10. The molecule has 1 heterocycles. The molecule has 1 aliphatic heterocycles. The summed E-state index contributed by atoms with van der Waals surface area (Å²) in [5.74, 6) is 0.641. The molecular formula is C25H18BrCl2NO4S. The van der Waals surface area contributed by atoms with Gasteiger partial charge in [0.05, 0.1) is 17.2 Å². The number of carbonyl (C=O) groups excluding carboxylic acids is 2. The molecular weight excluding hydrogens is 561 g/mol. The van der Waals surface area contributed by atoms with Crippen LogP contribution < -0.4 is 14.4 Å². The maximum Gasteiger partial charge on any atom is 0.298 e. The number of nitrogens with zero attached hydrogens (tertiary/aromatic N) is 1. The van der Waals surface area contributed by atoms with E-state index in [1.807, 2.05) is 13.0 Å². The molecule has 9 heteroatoms. The second kappa shape index (κ2) is 10.9. The van der Waals surface area contributed by atoms with E-state index in [1.54, 1.807) is 60.7 Å². The Kier molecular flexibility index (Phi) is 7.88. The van der Waals surface area contributed by atoms with Gasteiger partial charge in [-0.05, 0) is 66.7 Å². The van der Waals surface area contributed by atoms with Gasteiger partial charge in [0.25, 0.3) is 11.1 Å². The predicted molar refractivity (Wildman–Crippen MR) is 141 cm³/mol. The van der Waals surface area contributed by atoms with Crippen molar-refractivity contribution in [1.82, 2.24) is 0 Å². The average molecular weight is 579 g/mol. The smallest absolute Gasteiger partial charge is 0.298 e. The Balaban J connectivity index is 1.60. The van der Waals surface area contributed by atoms with E-state index in [0.29, 0.717) is 48.8 Å². The van der Waals surface area contributed by atoms with E-state index in [0.717, 1.165) is 17.3 Å². The molecule has 3 aromatic carbocycles. The molecule has 0 N–H and O–H groups in total. The molecule has 1 fully saturated rings. The van der Waals surface area contributed by atoms with Gasteiger partial charge in [0.2, 0.25) is 0 Å². The number of benzene rings is 3. The number of halogens is 3. The summed E-state index contributed by atoms with van der Waals surface area (Å²) in [6.07, 6.45) is 1.67. The summed E-state index contributed by atoms with van der Waals surface area (Å²) in [6, 6.07) is 17.6. The van der Waals surface area contributed by atoms with Crippen LogP contribution >= 0.6 is 50.9 Å². The van der Waals surface area contributed by atoms with Crippen LogP contribution in [0, 0.1) is 0 Å². The second-order valence-electron chi connectivity index (χ2n) is 7.13. The fraction of sp³-hybridized carbons (Fsp3) is 0.120. The van der Waals surface area contributed by atoms with Gasteiger partial charge in [0, 0.05) is 20.1 Å². The monoisotopic (exact) mass is 577 g/mol. The summed E-state index contributed by atoms with van der Waals surface area (Å²) >= 11 is 16.7. The lowest BCUT2D eigenvalue weighted by Gasteiger charge is -2.15. The standard InChI is InChI=1S/C25H18BrCl2NO4S/c1-2-32-21-10-16(11-23-24(30)29(25(31)34-23)18-6-4-3-5-7-18)19(26)13-22(21)33-14-15-8-9-17(27)12-20(15)28/h3-13H,2,14H2,1H3/b23-11-. The van der Waals surface area contributed by atoms with Gasteiger partial charge in [-0.2, -0.15) is 0 Å². The van der Waals surface area contributed by atoms with Crippen molar-refractivity contribution in [2.75, 3.05) is 11.5 Å². The molecule has 0 aliphatic carbocycles. The van der Waals surface area contributed by atoms with Crippen molar-refractivity contribution < 1.29 is 19.1 Å². The highest BCUT2D eigenvalue weighted by atomic mass is 79.9. The van der Waals surface area contributed by atoms with Crippen molar-refractivity contribution in [3.8, 4) is 11.5 Å². The Labute approximate surface area is 219 Å². The first kappa shape index (κ1) is 24.7. The summed E-state index contributed by atoms with van der Waals surface area (Å²) in [4.78, 5) is 26.9. The largest absolute Gasteiger partial charge is 0.490 e. The molecule has 0 radical (unpaired) electrons. The van der Waals surface area contributed by atoms with Gasteiger partial charge in [-0.3, -0.25) is 9.59 Å². The zero-order valence-corrected chi connectivity index (χ0v) is 21.8. The summed E-state index contributed by atoms with van der Waals surface area (Å²) in [6.45, 7) is 2.51. The Morgan fingerprint density at radius 3 is 2.44 bits per heavy atom. The number of rotatable bonds is 7. The minimum Gasteiger partial charge on any atom is -0.490 e. The van der Waals surface area contributed by atoms with E-state index in [1.165, 1.54) is 4.90 Å². The van der Waals surface area contributed by atoms with Crippen molar-refractivity contribution in [2.45, 2.75) is 13.5 Å². The second-order valence-corrected chi connectivity index (χ2v) is 9.82. The predicted octanol–water partition coefficient (Wildman–Crippen LogP) is 7.97. The molecule has 0 atom stereocenters. The lowest BCUT2D eigenvalue weighted by Crippen LogP contribution is -2.27. The van der Waals surface area contributed by atoms with E-state index < -0.39 is 0 Å². The lowest BCUT2D eigenvalue weighted by atomic mass is 10.1. The van der Waals surface area contributed by atoms with E-state index in [2.05, 4.69) is 15.9 Å². The third-order valence-electron chi connectivity index (χ3n) is 4.86. The van der Waals surface area contributed by atoms with Crippen LogP contribution in [-0.2, 0) is 11.4 Å². The van der Waals surface area contributed by atoms with Gasteiger partial charge in [0.15, 0.2) is 11.5 Å². The summed E-state index contributed by atoms with van der Waals surface area (Å²) < 4.78 is 12.4. The molecule has 0 unspecified atom stereocenters. The Morgan fingerprint density at radius 1 is 1.00 bits per heavy atom. The summed E-state index contributed by atoms with van der Waals surface area (Å²) in [7, 11) is 0. The molecule has 1 saturated heterocycles. The maximum atomic E-state index is 12.9. The van der Waals surface area contributed by atoms with E-state index in [4.69, 9.17) is 32.7 Å². The van der Waals surface area contributed by atoms with Crippen molar-refractivity contribution in [3.63, 3.8) is 0 Å². The van der Waals surface area contributed by atoms with Gasteiger partial charge in [0.1, 0.15) is 6.61 Å². The molecule has 34 heavy (non-hydrogen) atoms. The minimum absolute atomic E-state index is 0.220. The van der Waals surface area contributed by atoms with Crippen LogP contribution in [0.15, 0.2) is 70.0 Å². The van der Waals surface area contributed by atoms with Crippen LogP contribution in [-0.4, -0.2) is 17.8 Å². The zero-order chi connectivity index (χ0) is 24.2. The van der Waals surface area contributed by atoms with Crippen molar-refractivity contribution >= 4 is 73.8 Å². The normalized spacial score (nSPS) is 14.7. The minimum atomic E-state index is -0.372. The molecule has 174 valence electrons. The van der Waals surface area contributed by atoms with E-state index in [9.17, 15) is 9.59 Å². The number of ether oxygens (including phenoxy) is 2. The number of hydrogen-bond acceptors (Lipinski definition) is 5. The number of carbonyl (C=O) groups is 2. The first-order chi connectivity index (χ1) is 16.4. The molecule has 1 aliphatic rings. The van der Waals surface area contributed by atoms with Gasteiger partial charge < -0.3 is 9.47 Å². The fourth-order valence-electron chi connectivity index (χ4n) is 3.25. The maximum absolute atomic E-state index is 12.9. The van der Waals surface area contributed by atoms with E-state index >= 15 is 0 Å². The number of amides is 2. The number of para-hydroxylation sites is 1. The van der Waals surface area contributed by atoms with Crippen molar-refractivity contribution in [2.24, 2.45) is 0 Å². The molecule has 3 aromatic rings. The average Bonchev–Trinajstić information content (AvgIpc) is 3.09. The summed E-state index contributed by atoms with van der Waals surface area (Å²) in [5, 5.41) is 0.714. The summed E-state index contributed by atoms with van der Waals surface area (Å²) in [5.41, 5.74) is 1.99. The fourth-order valence-corrected chi connectivity index (χ4v) is 4.98. The highest BCUT2D eigenvalue weighted by Gasteiger charge is 2.36. The van der Waals surface area contributed by atoms with Gasteiger partial charge in [-0.1, -0.05) is 63.4 Å². The SMILES string of the molecule is CCOc1cc(/C=C2\SC(=O)N(c3ccccc3)C2=O)c(Br)cc1OCc1ccc(Cl)cc1Cl. The molecule has 0 aromatic heterocycles. The molecule has 4 rings (SSSR count). The number of anilines is 1. The van der Waals surface area contributed by atoms with Crippen molar-refractivity contribution in [3.05, 3.63) is 91.2 Å². The number of imide groups is 1. The molecule has 0 saturated carbocycles. The lowest BCUT2D eigenvalue weighted by molar-refractivity contribution is -0.113. The highest BCUT2D eigenvalue weighted by Crippen LogP contribution is 2.40. The van der Waals surface area contributed by atoms with Crippen LogP contribution in [0.2, 0.25) is 10.0 Å². The third-order valence-corrected chi connectivity index (χ3v) is 7.00. The number of thioether (sulfide) groups is 1. The van der Waals surface area contributed by atoms with Crippen LogP contribution in [0.4, 0.5) is 10.5 Å². The van der Waals surface area contributed by atoms with E-state index in [-0.39, 0.29) is 17.8 Å². The van der Waals surface area contributed by atoms with Crippen LogP contribution in [0.1, 0.15) is 18.1 Å². The topological polar surface area (TPSA) is 55.8 Å². The molecule has 2 amide bonds. The Hall–Kier alpha value is -2.45. The molecule has 0 spiro atoms. The van der Waals surface area contributed by atoms with Crippen LogP contribution in [0.3, 0.4) is 0 Å². The number of hydrogen-bond donors (Lipinski definition) is 0. The Bertz CT molecular complexity index is 1280. The first-order valence-electron chi connectivity index (χ1n) is 10.2. The zero-order valence-electron chi connectivity index (χ0n) is 17.9. The molecule has 0 bridgehead atoms. The van der Waals surface area contributed by atoms with Gasteiger partial charge in [-0.25, -0.2) is 4.90 Å². The first-order valence-corrected chi connectivity index (χ1v) is 12.6.